The van der Waals surface area contributed by atoms with E-state index in [9.17, 15) is 13.2 Å². The van der Waals surface area contributed by atoms with Gasteiger partial charge in [0.05, 0.1) is 26.9 Å². The molecule has 0 aliphatic carbocycles. The molecule has 7 nitrogen and oxygen atoms in total. The number of amides is 1. The molecule has 0 unspecified atom stereocenters. The molecule has 0 atom stereocenters. The number of nitrogens with zero attached hydrogens (tertiary/aromatic N) is 2. The second-order valence-corrected chi connectivity index (χ2v) is 8.75. The summed E-state index contributed by atoms with van der Waals surface area (Å²) < 4.78 is 29.9. The highest BCUT2D eigenvalue weighted by molar-refractivity contribution is 7.92. The third-order valence-corrected chi connectivity index (χ3v) is 6.43. The van der Waals surface area contributed by atoms with Crippen molar-refractivity contribution in [3.8, 4) is 0 Å². The lowest BCUT2D eigenvalue weighted by atomic mass is 10.1. The number of halogens is 1. The Morgan fingerprint density at radius 2 is 1.79 bits per heavy atom. The summed E-state index contributed by atoms with van der Waals surface area (Å²) in [6.07, 6.45) is 0. The van der Waals surface area contributed by atoms with Crippen molar-refractivity contribution in [2.45, 2.75) is 25.7 Å². The molecular formula is C20H21ClN4O3S. The Hall–Kier alpha value is -2.84. The van der Waals surface area contributed by atoms with Crippen LogP contribution in [0.4, 0.5) is 11.4 Å². The van der Waals surface area contributed by atoms with Crippen LogP contribution in [0.3, 0.4) is 0 Å². The molecule has 1 aromatic heterocycles. The Balaban J connectivity index is 1.92. The fourth-order valence-corrected chi connectivity index (χ4v) is 4.60. The molecule has 0 saturated heterocycles. The zero-order valence-corrected chi connectivity index (χ0v) is 18.0. The van der Waals surface area contributed by atoms with Crippen molar-refractivity contribution in [3.05, 3.63) is 70.0 Å². The Kier molecular flexibility index (Phi) is 5.68. The van der Waals surface area contributed by atoms with Gasteiger partial charge in [-0.25, -0.2) is 8.42 Å². The number of para-hydroxylation sites is 1. The van der Waals surface area contributed by atoms with Gasteiger partial charge < -0.3 is 5.32 Å². The second kappa shape index (κ2) is 7.88. The van der Waals surface area contributed by atoms with Crippen molar-refractivity contribution < 1.29 is 13.2 Å². The zero-order chi connectivity index (χ0) is 21.3. The Morgan fingerprint density at radius 1 is 1.10 bits per heavy atom. The maximum atomic E-state index is 12.9. The van der Waals surface area contributed by atoms with Crippen molar-refractivity contribution in [2.75, 3.05) is 10.0 Å². The largest absolute Gasteiger partial charge is 0.322 e. The molecule has 9 heteroatoms. The Labute approximate surface area is 174 Å². The lowest BCUT2D eigenvalue weighted by Gasteiger charge is -2.13. The molecule has 152 valence electrons. The number of aromatic nitrogens is 2. The average molecular weight is 433 g/mol. The fourth-order valence-electron chi connectivity index (χ4n) is 3.01. The first-order chi connectivity index (χ1) is 13.6. The third-order valence-electron chi connectivity index (χ3n) is 4.59. The number of benzene rings is 2. The van der Waals surface area contributed by atoms with E-state index in [-0.39, 0.29) is 16.5 Å². The molecule has 0 bridgehead atoms. The summed E-state index contributed by atoms with van der Waals surface area (Å²) >= 11 is 6.07. The van der Waals surface area contributed by atoms with Crippen molar-refractivity contribution >= 4 is 38.9 Å². The molecule has 2 aromatic carbocycles. The number of hydrogen-bond donors (Lipinski definition) is 2. The van der Waals surface area contributed by atoms with Gasteiger partial charge in [-0.15, -0.1) is 0 Å². The van der Waals surface area contributed by atoms with Gasteiger partial charge in [-0.05, 0) is 50.6 Å². The van der Waals surface area contributed by atoms with Crippen LogP contribution in [0.5, 0.6) is 0 Å². The molecule has 29 heavy (non-hydrogen) atoms. The predicted molar refractivity (Wildman–Crippen MR) is 114 cm³/mol. The Bertz CT molecular complexity index is 1200. The van der Waals surface area contributed by atoms with Gasteiger partial charge in [0.2, 0.25) is 0 Å². The van der Waals surface area contributed by atoms with Crippen LogP contribution in [0.2, 0.25) is 5.02 Å². The summed E-state index contributed by atoms with van der Waals surface area (Å²) in [4.78, 5) is 12.8. The zero-order valence-electron chi connectivity index (χ0n) is 16.4. The van der Waals surface area contributed by atoms with E-state index in [2.05, 4.69) is 15.1 Å². The van der Waals surface area contributed by atoms with E-state index in [0.29, 0.717) is 27.5 Å². The molecule has 3 rings (SSSR count). The predicted octanol–water partition coefficient (Wildman–Crippen LogP) is 4.05. The number of nitrogens with one attached hydrogen (secondary N) is 2. The van der Waals surface area contributed by atoms with Crippen LogP contribution in [-0.2, 0) is 17.1 Å². The number of sulfonamides is 1. The highest BCUT2D eigenvalue weighted by Gasteiger charge is 2.21. The van der Waals surface area contributed by atoms with Crippen LogP contribution in [0.1, 0.15) is 27.3 Å². The van der Waals surface area contributed by atoms with Crippen LogP contribution in [0, 0.1) is 20.8 Å². The number of anilines is 2. The number of rotatable bonds is 5. The van der Waals surface area contributed by atoms with Gasteiger partial charge in [0.25, 0.3) is 15.9 Å². The average Bonchev–Trinajstić information content (AvgIpc) is 2.90. The molecule has 2 N–H and O–H groups in total. The third kappa shape index (κ3) is 4.28. The fraction of sp³-hybridized carbons (Fsp3) is 0.200. The molecule has 0 aliphatic rings. The quantitative estimate of drug-likeness (QED) is 0.636. The van der Waals surface area contributed by atoms with Gasteiger partial charge in [0.1, 0.15) is 0 Å². The number of carbonyl (C=O) groups is 1. The normalized spacial score (nSPS) is 11.3. The van der Waals surface area contributed by atoms with E-state index in [0.717, 1.165) is 5.69 Å². The minimum atomic E-state index is -3.90. The smallest absolute Gasteiger partial charge is 0.262 e. The molecule has 1 amide bonds. The van der Waals surface area contributed by atoms with Crippen LogP contribution in [0.25, 0.3) is 0 Å². The summed E-state index contributed by atoms with van der Waals surface area (Å²) in [5.41, 5.74) is 2.97. The van der Waals surface area contributed by atoms with E-state index in [1.807, 2.05) is 0 Å². The maximum absolute atomic E-state index is 12.9. The van der Waals surface area contributed by atoms with Crippen molar-refractivity contribution in [1.29, 1.82) is 0 Å². The summed E-state index contributed by atoms with van der Waals surface area (Å²) in [6.45, 7) is 5.23. The minimum Gasteiger partial charge on any atom is -0.322 e. The second-order valence-electron chi connectivity index (χ2n) is 6.69. The molecule has 0 fully saturated rings. The molecule has 0 spiro atoms. The minimum absolute atomic E-state index is 0.0508. The van der Waals surface area contributed by atoms with Gasteiger partial charge in [-0.1, -0.05) is 29.8 Å². The lowest BCUT2D eigenvalue weighted by molar-refractivity contribution is 0.102. The number of aryl methyl sites for hydroxylation is 3. The number of carbonyl (C=O) groups excluding carboxylic acids is 1. The first-order valence-electron chi connectivity index (χ1n) is 8.79. The van der Waals surface area contributed by atoms with E-state index in [4.69, 9.17) is 11.6 Å². The van der Waals surface area contributed by atoms with Gasteiger partial charge >= 0.3 is 0 Å². The SMILES string of the molecule is Cc1ccc(NC(=O)c2c(C)nn(C)c2C)cc1S(=O)(=O)Nc1ccccc1Cl. The van der Waals surface area contributed by atoms with Crippen LogP contribution < -0.4 is 10.0 Å². The van der Waals surface area contributed by atoms with Crippen LogP contribution >= 0.6 is 11.6 Å². The Morgan fingerprint density at radius 3 is 2.41 bits per heavy atom. The van der Waals surface area contributed by atoms with E-state index in [1.54, 1.807) is 68.9 Å². The van der Waals surface area contributed by atoms with Gasteiger partial charge in [-0.3, -0.25) is 14.2 Å². The van der Waals surface area contributed by atoms with E-state index >= 15 is 0 Å². The topological polar surface area (TPSA) is 93.1 Å². The summed E-state index contributed by atoms with van der Waals surface area (Å²) in [5.74, 6) is -0.348. The van der Waals surface area contributed by atoms with E-state index < -0.39 is 10.0 Å². The monoisotopic (exact) mass is 432 g/mol. The molecule has 0 aliphatic heterocycles. The highest BCUT2D eigenvalue weighted by Crippen LogP contribution is 2.27. The molecule has 3 aromatic rings. The first kappa shape index (κ1) is 20.9. The molecule has 0 radical (unpaired) electrons. The molecule has 1 heterocycles. The van der Waals surface area contributed by atoms with Gasteiger partial charge in [0.15, 0.2) is 0 Å². The maximum Gasteiger partial charge on any atom is 0.262 e. The van der Waals surface area contributed by atoms with Crippen molar-refractivity contribution in [1.82, 2.24) is 9.78 Å². The number of hydrogen-bond acceptors (Lipinski definition) is 4. The van der Waals surface area contributed by atoms with Crippen molar-refractivity contribution in [2.24, 2.45) is 7.05 Å². The highest BCUT2D eigenvalue weighted by atomic mass is 35.5. The first-order valence-corrected chi connectivity index (χ1v) is 10.7. The summed E-state index contributed by atoms with van der Waals surface area (Å²) in [6, 6.07) is 11.3. The molecule has 0 saturated carbocycles. The molecular weight excluding hydrogens is 412 g/mol. The lowest BCUT2D eigenvalue weighted by Crippen LogP contribution is -2.17. The van der Waals surface area contributed by atoms with Crippen LogP contribution in [0.15, 0.2) is 47.4 Å². The standard InChI is InChI=1S/C20H21ClN4O3S/c1-12-9-10-15(22-20(26)19-13(2)23-25(4)14(19)3)11-18(12)29(27,28)24-17-8-6-5-7-16(17)21/h5-11,24H,1-4H3,(H,22,26). The van der Waals surface area contributed by atoms with Crippen molar-refractivity contribution in [3.63, 3.8) is 0 Å². The van der Waals surface area contributed by atoms with Crippen LogP contribution in [-0.4, -0.2) is 24.1 Å². The van der Waals surface area contributed by atoms with Gasteiger partial charge in [0, 0.05) is 18.4 Å². The summed E-state index contributed by atoms with van der Waals surface area (Å²) in [5, 5.41) is 7.29. The van der Waals surface area contributed by atoms with Gasteiger partial charge in [-0.2, -0.15) is 5.10 Å². The summed E-state index contributed by atoms with van der Waals surface area (Å²) in [7, 11) is -2.14. The van der Waals surface area contributed by atoms with E-state index in [1.165, 1.54) is 6.07 Å².